The number of tetrazole rings is 1. The molecule has 2 amide bonds. The Balaban J connectivity index is 1.99. The van der Waals surface area contributed by atoms with Gasteiger partial charge in [-0.1, -0.05) is 12.1 Å². The fourth-order valence-corrected chi connectivity index (χ4v) is 2.26. The van der Waals surface area contributed by atoms with Gasteiger partial charge in [-0.25, -0.2) is 4.79 Å². The van der Waals surface area contributed by atoms with Crippen molar-refractivity contribution in [3.05, 3.63) is 5.82 Å². The van der Waals surface area contributed by atoms with Crippen molar-refractivity contribution in [3.8, 4) is 0 Å². The summed E-state index contributed by atoms with van der Waals surface area (Å²) in [6.07, 6.45) is 0.721. The molecule has 21 heavy (non-hydrogen) atoms. The standard InChI is InChI=1S/C11H18N6O4/c1-2-3-17(8-6-21-5-7(8)10(18)19)11(20)12-4-9-13-15-16-14-9/h7-8H,2-6H2,1H3,(H,12,20)(H,18,19)(H,13,14,15,16). The van der Waals surface area contributed by atoms with Gasteiger partial charge in [0.1, 0.15) is 5.92 Å². The van der Waals surface area contributed by atoms with Crippen molar-refractivity contribution in [1.29, 1.82) is 0 Å². The van der Waals surface area contributed by atoms with Gasteiger partial charge in [0.2, 0.25) is 0 Å². The SMILES string of the molecule is CCCN(C(=O)NCc1nn[nH]n1)C1COCC1C(=O)O. The van der Waals surface area contributed by atoms with Gasteiger partial charge in [-0.2, -0.15) is 5.21 Å². The van der Waals surface area contributed by atoms with Crippen LogP contribution < -0.4 is 5.32 Å². The number of nitrogens with one attached hydrogen (secondary N) is 2. The Morgan fingerprint density at radius 3 is 2.95 bits per heavy atom. The first kappa shape index (κ1) is 15.2. The first-order valence-electron chi connectivity index (χ1n) is 6.70. The van der Waals surface area contributed by atoms with E-state index in [-0.39, 0.29) is 25.8 Å². The van der Waals surface area contributed by atoms with E-state index >= 15 is 0 Å². The third-order valence-electron chi connectivity index (χ3n) is 3.28. The fraction of sp³-hybridized carbons (Fsp3) is 0.727. The van der Waals surface area contributed by atoms with Crippen molar-refractivity contribution < 1.29 is 19.4 Å². The molecule has 2 unspecified atom stereocenters. The van der Waals surface area contributed by atoms with E-state index in [2.05, 4.69) is 25.9 Å². The number of carbonyl (C=O) groups excluding carboxylic acids is 1. The van der Waals surface area contributed by atoms with Gasteiger partial charge < -0.3 is 20.1 Å². The lowest BCUT2D eigenvalue weighted by atomic mass is 10.0. The summed E-state index contributed by atoms with van der Waals surface area (Å²) in [4.78, 5) is 25.0. The lowest BCUT2D eigenvalue weighted by molar-refractivity contribution is -0.142. The predicted octanol–water partition coefficient (Wildman–Crippen LogP) is -0.779. The van der Waals surface area contributed by atoms with Gasteiger partial charge in [0.15, 0.2) is 5.82 Å². The second kappa shape index (κ2) is 6.97. The zero-order chi connectivity index (χ0) is 15.2. The molecule has 0 spiro atoms. The van der Waals surface area contributed by atoms with Crippen molar-refractivity contribution in [2.75, 3.05) is 19.8 Å². The molecule has 116 valence electrons. The summed E-state index contributed by atoms with van der Waals surface area (Å²) in [6, 6.07) is -0.823. The number of H-pyrrole nitrogens is 1. The smallest absolute Gasteiger partial charge is 0.318 e. The van der Waals surface area contributed by atoms with Gasteiger partial charge in [-0.15, -0.1) is 10.2 Å². The van der Waals surface area contributed by atoms with E-state index in [9.17, 15) is 14.7 Å². The molecule has 1 saturated heterocycles. The number of aromatic amines is 1. The summed E-state index contributed by atoms with van der Waals surface area (Å²) in [5.41, 5.74) is 0. The number of aromatic nitrogens is 4. The van der Waals surface area contributed by atoms with Gasteiger partial charge in [0.25, 0.3) is 0 Å². The molecule has 0 bridgehead atoms. The summed E-state index contributed by atoms with van der Waals surface area (Å²) >= 11 is 0. The molecule has 1 aromatic heterocycles. The Labute approximate surface area is 120 Å². The van der Waals surface area contributed by atoms with Crippen molar-refractivity contribution in [2.24, 2.45) is 5.92 Å². The van der Waals surface area contributed by atoms with Crippen LogP contribution in [-0.2, 0) is 16.1 Å². The number of carboxylic acids is 1. The largest absolute Gasteiger partial charge is 0.481 e. The number of hydrogen-bond acceptors (Lipinski definition) is 6. The van der Waals surface area contributed by atoms with Crippen LogP contribution in [0.5, 0.6) is 0 Å². The third kappa shape index (κ3) is 3.66. The van der Waals surface area contributed by atoms with Crippen LogP contribution in [-0.4, -0.2) is 68.4 Å². The highest BCUT2D eigenvalue weighted by Crippen LogP contribution is 2.20. The summed E-state index contributed by atoms with van der Waals surface area (Å²) in [5, 5.41) is 25.0. The lowest BCUT2D eigenvalue weighted by Crippen LogP contribution is -2.50. The van der Waals surface area contributed by atoms with Crippen LogP contribution in [0.2, 0.25) is 0 Å². The molecular weight excluding hydrogens is 280 g/mol. The monoisotopic (exact) mass is 298 g/mol. The van der Waals surface area contributed by atoms with Crippen LogP contribution in [0.15, 0.2) is 0 Å². The molecule has 1 fully saturated rings. The maximum atomic E-state index is 12.3. The average molecular weight is 298 g/mol. The average Bonchev–Trinajstić information content (AvgIpc) is 3.12. The molecule has 0 aromatic carbocycles. The van der Waals surface area contributed by atoms with E-state index in [1.54, 1.807) is 0 Å². The lowest BCUT2D eigenvalue weighted by Gasteiger charge is -2.30. The van der Waals surface area contributed by atoms with E-state index in [4.69, 9.17) is 4.74 Å². The Morgan fingerprint density at radius 1 is 1.52 bits per heavy atom. The topological polar surface area (TPSA) is 133 Å². The molecule has 2 atom stereocenters. The van der Waals surface area contributed by atoms with Crippen LogP contribution in [0.4, 0.5) is 4.79 Å². The highest BCUT2D eigenvalue weighted by molar-refractivity contribution is 5.77. The molecule has 0 radical (unpaired) electrons. The number of nitrogens with zero attached hydrogens (tertiary/aromatic N) is 4. The Morgan fingerprint density at radius 2 is 2.33 bits per heavy atom. The van der Waals surface area contributed by atoms with Crippen molar-refractivity contribution in [1.82, 2.24) is 30.8 Å². The maximum absolute atomic E-state index is 12.3. The summed E-state index contributed by atoms with van der Waals surface area (Å²) in [6.45, 7) is 2.85. The molecule has 1 aliphatic rings. The Hall–Kier alpha value is -2.23. The van der Waals surface area contributed by atoms with Crippen LogP contribution >= 0.6 is 0 Å². The maximum Gasteiger partial charge on any atom is 0.318 e. The van der Waals surface area contributed by atoms with Gasteiger partial charge in [-0.05, 0) is 6.42 Å². The zero-order valence-electron chi connectivity index (χ0n) is 11.7. The molecular formula is C11H18N6O4. The van der Waals surface area contributed by atoms with E-state index < -0.39 is 17.9 Å². The first-order chi connectivity index (χ1) is 10.1. The molecule has 0 saturated carbocycles. The number of hydrogen-bond donors (Lipinski definition) is 3. The Kier molecular flexibility index (Phi) is 5.04. The van der Waals surface area contributed by atoms with Crippen LogP contribution in [0.3, 0.4) is 0 Å². The predicted molar refractivity (Wildman–Crippen MR) is 69.1 cm³/mol. The summed E-state index contributed by atoms with van der Waals surface area (Å²) in [7, 11) is 0. The van der Waals surface area contributed by atoms with Crippen LogP contribution in [0.25, 0.3) is 0 Å². The number of ether oxygens (including phenoxy) is 1. The fourth-order valence-electron chi connectivity index (χ4n) is 2.26. The minimum atomic E-state index is -0.954. The molecule has 2 rings (SSSR count). The van der Waals surface area contributed by atoms with Gasteiger partial charge in [0, 0.05) is 6.54 Å². The number of rotatable bonds is 6. The molecule has 3 N–H and O–H groups in total. The Bertz CT molecular complexity index is 479. The second-order valence-electron chi connectivity index (χ2n) is 4.73. The van der Waals surface area contributed by atoms with Gasteiger partial charge >= 0.3 is 12.0 Å². The van der Waals surface area contributed by atoms with Crippen LogP contribution in [0.1, 0.15) is 19.2 Å². The van der Waals surface area contributed by atoms with Crippen molar-refractivity contribution >= 4 is 12.0 Å². The van der Waals surface area contributed by atoms with Crippen molar-refractivity contribution in [2.45, 2.75) is 25.9 Å². The quantitative estimate of drug-likeness (QED) is 0.627. The number of amides is 2. The van der Waals surface area contributed by atoms with E-state index in [0.29, 0.717) is 12.4 Å². The first-order valence-corrected chi connectivity index (χ1v) is 6.70. The number of carbonyl (C=O) groups is 2. The summed E-state index contributed by atoms with van der Waals surface area (Å²) in [5.74, 6) is -1.30. The van der Waals surface area contributed by atoms with E-state index in [1.807, 2.05) is 6.92 Å². The van der Waals surface area contributed by atoms with Gasteiger partial charge in [0.05, 0.1) is 25.8 Å². The molecule has 10 nitrogen and oxygen atoms in total. The van der Waals surface area contributed by atoms with Gasteiger partial charge in [-0.3, -0.25) is 4.79 Å². The molecule has 0 aliphatic carbocycles. The number of aliphatic carboxylic acids is 1. The normalized spacial score (nSPS) is 21.2. The van der Waals surface area contributed by atoms with Crippen LogP contribution in [0, 0.1) is 5.92 Å². The molecule has 10 heteroatoms. The highest BCUT2D eigenvalue weighted by atomic mass is 16.5. The minimum absolute atomic E-state index is 0.123. The number of carboxylic acid groups (broad SMARTS) is 1. The molecule has 2 heterocycles. The third-order valence-corrected chi connectivity index (χ3v) is 3.28. The highest BCUT2D eigenvalue weighted by Gasteiger charge is 2.39. The van der Waals surface area contributed by atoms with Crippen molar-refractivity contribution in [3.63, 3.8) is 0 Å². The minimum Gasteiger partial charge on any atom is -0.481 e. The van der Waals surface area contributed by atoms with E-state index in [1.165, 1.54) is 4.90 Å². The molecule has 1 aromatic rings. The zero-order valence-corrected chi connectivity index (χ0v) is 11.7. The van der Waals surface area contributed by atoms with E-state index in [0.717, 1.165) is 6.42 Å². The second-order valence-corrected chi connectivity index (χ2v) is 4.73. The number of urea groups is 1. The molecule has 1 aliphatic heterocycles. The summed E-state index contributed by atoms with van der Waals surface area (Å²) < 4.78 is 5.22.